The molecule has 0 unspecified atom stereocenters. The van der Waals surface area contributed by atoms with Crippen LogP contribution in [0.2, 0.25) is 0 Å². The molecule has 2 heterocycles. The molecule has 0 aliphatic heterocycles. The average molecular weight is 372 g/mol. The molecular weight excluding hydrogens is 352 g/mol. The van der Waals surface area contributed by atoms with Crippen LogP contribution in [-0.4, -0.2) is 15.9 Å². The van der Waals surface area contributed by atoms with Gasteiger partial charge in [-0.15, -0.1) is 0 Å². The van der Waals surface area contributed by atoms with Crippen molar-refractivity contribution >= 4 is 34.2 Å². The van der Waals surface area contributed by atoms with E-state index in [1.165, 1.54) is 0 Å². The Balaban J connectivity index is 1.49. The smallest absolute Gasteiger partial charge is 0.291 e. The average Bonchev–Trinajstić information content (AvgIpc) is 3.00. The van der Waals surface area contributed by atoms with Gasteiger partial charge in [-0.1, -0.05) is 18.2 Å². The second kappa shape index (κ2) is 7.15. The van der Waals surface area contributed by atoms with Gasteiger partial charge < -0.3 is 15.1 Å². The number of furan rings is 1. The van der Waals surface area contributed by atoms with Crippen LogP contribution in [-0.2, 0) is 0 Å². The number of carbonyl (C=O) groups excluding carboxylic acids is 1. The van der Waals surface area contributed by atoms with Crippen molar-refractivity contribution in [1.29, 1.82) is 0 Å². The molecule has 6 heteroatoms. The Bertz CT molecular complexity index is 1140. The van der Waals surface area contributed by atoms with Crippen LogP contribution in [0.1, 0.15) is 27.5 Å². The predicted molar refractivity (Wildman–Crippen MR) is 110 cm³/mol. The molecule has 0 saturated carbocycles. The first kappa shape index (κ1) is 17.7. The highest BCUT2D eigenvalue weighted by atomic mass is 16.3. The summed E-state index contributed by atoms with van der Waals surface area (Å²) in [5.74, 6) is 0.603. The van der Waals surface area contributed by atoms with Gasteiger partial charge >= 0.3 is 0 Å². The number of carbonyl (C=O) groups is 1. The first-order valence-corrected chi connectivity index (χ1v) is 8.98. The van der Waals surface area contributed by atoms with Gasteiger partial charge in [0.2, 0.25) is 5.95 Å². The lowest BCUT2D eigenvalue weighted by molar-refractivity contribution is 0.0998. The Hall–Kier alpha value is -3.67. The molecule has 2 aromatic carbocycles. The van der Waals surface area contributed by atoms with Crippen LogP contribution < -0.4 is 10.6 Å². The fourth-order valence-corrected chi connectivity index (χ4v) is 3.13. The molecule has 0 radical (unpaired) electrons. The van der Waals surface area contributed by atoms with Gasteiger partial charge in [-0.2, -0.15) is 0 Å². The standard InChI is InChI=1S/C22H20N4O2/c1-13-12-14(2)24-22(23-13)26-17-10-8-16(9-11-17)25-21(27)20-15(3)18-6-4-5-7-19(18)28-20/h4-12H,1-3H3,(H,25,27)(H,23,24,26). The number of aromatic nitrogens is 2. The number of nitrogens with zero attached hydrogens (tertiary/aromatic N) is 2. The van der Waals surface area contributed by atoms with Crippen molar-refractivity contribution in [3.8, 4) is 0 Å². The topological polar surface area (TPSA) is 80.0 Å². The Morgan fingerprint density at radius 3 is 2.21 bits per heavy atom. The maximum Gasteiger partial charge on any atom is 0.291 e. The summed E-state index contributed by atoms with van der Waals surface area (Å²) in [5.41, 5.74) is 4.86. The second-order valence-corrected chi connectivity index (χ2v) is 6.68. The molecule has 28 heavy (non-hydrogen) atoms. The molecular formula is C22H20N4O2. The summed E-state index contributed by atoms with van der Waals surface area (Å²) in [6.45, 7) is 5.74. The second-order valence-electron chi connectivity index (χ2n) is 6.68. The van der Waals surface area contributed by atoms with Crippen LogP contribution in [0.5, 0.6) is 0 Å². The summed E-state index contributed by atoms with van der Waals surface area (Å²) in [5, 5.41) is 6.99. The van der Waals surface area contributed by atoms with Crippen LogP contribution in [0.15, 0.2) is 59.0 Å². The van der Waals surface area contributed by atoms with Crippen LogP contribution in [0, 0.1) is 20.8 Å². The molecule has 2 N–H and O–H groups in total. The normalized spacial score (nSPS) is 10.8. The molecule has 2 aromatic heterocycles. The van der Waals surface area contributed by atoms with E-state index in [0.717, 1.165) is 28.0 Å². The van der Waals surface area contributed by atoms with Crippen molar-refractivity contribution in [3.63, 3.8) is 0 Å². The van der Waals surface area contributed by atoms with Gasteiger partial charge in [-0.3, -0.25) is 4.79 Å². The number of fused-ring (bicyclic) bond motifs is 1. The van der Waals surface area contributed by atoms with Crippen LogP contribution in [0.25, 0.3) is 11.0 Å². The summed E-state index contributed by atoms with van der Waals surface area (Å²) in [6, 6.07) is 16.9. The number of rotatable bonds is 4. The SMILES string of the molecule is Cc1cc(C)nc(Nc2ccc(NC(=O)c3oc4ccccc4c3C)cc2)n1. The number of benzene rings is 2. The van der Waals surface area contributed by atoms with Crippen molar-refractivity contribution in [3.05, 3.63) is 77.3 Å². The third-order valence-corrected chi connectivity index (χ3v) is 4.43. The maximum atomic E-state index is 12.6. The molecule has 0 fully saturated rings. The fourth-order valence-electron chi connectivity index (χ4n) is 3.13. The van der Waals surface area contributed by atoms with E-state index < -0.39 is 0 Å². The first-order chi connectivity index (χ1) is 13.5. The molecule has 1 amide bonds. The number of hydrogen-bond donors (Lipinski definition) is 2. The lowest BCUT2D eigenvalue weighted by atomic mass is 10.1. The Labute approximate surface area is 162 Å². The first-order valence-electron chi connectivity index (χ1n) is 8.98. The van der Waals surface area contributed by atoms with Gasteiger partial charge in [0.25, 0.3) is 5.91 Å². The van der Waals surface area contributed by atoms with E-state index in [9.17, 15) is 4.79 Å². The van der Waals surface area contributed by atoms with Crippen LogP contribution in [0.4, 0.5) is 17.3 Å². The van der Waals surface area contributed by atoms with E-state index in [4.69, 9.17) is 4.42 Å². The molecule has 6 nitrogen and oxygen atoms in total. The van der Waals surface area contributed by atoms with E-state index in [-0.39, 0.29) is 5.91 Å². The summed E-state index contributed by atoms with van der Waals surface area (Å²) >= 11 is 0. The van der Waals surface area contributed by atoms with E-state index in [2.05, 4.69) is 20.6 Å². The lowest BCUT2D eigenvalue weighted by Gasteiger charge is -2.08. The molecule has 140 valence electrons. The minimum Gasteiger partial charge on any atom is -0.451 e. The fraction of sp³-hybridized carbons (Fsp3) is 0.136. The minimum absolute atomic E-state index is 0.271. The van der Waals surface area contributed by atoms with Gasteiger partial charge in [0.15, 0.2) is 5.76 Å². The zero-order chi connectivity index (χ0) is 19.7. The van der Waals surface area contributed by atoms with E-state index >= 15 is 0 Å². The highest BCUT2D eigenvalue weighted by molar-refractivity contribution is 6.06. The number of nitrogens with one attached hydrogen (secondary N) is 2. The highest BCUT2D eigenvalue weighted by Crippen LogP contribution is 2.26. The molecule has 0 atom stereocenters. The Kier molecular flexibility index (Phi) is 4.53. The van der Waals surface area contributed by atoms with Gasteiger partial charge in [0.05, 0.1) is 0 Å². The summed E-state index contributed by atoms with van der Waals surface area (Å²) in [7, 11) is 0. The van der Waals surface area contributed by atoms with Crippen molar-refractivity contribution in [2.45, 2.75) is 20.8 Å². The van der Waals surface area contributed by atoms with E-state index in [1.54, 1.807) is 0 Å². The van der Waals surface area contributed by atoms with E-state index in [1.807, 2.05) is 75.4 Å². The largest absolute Gasteiger partial charge is 0.451 e. The Morgan fingerprint density at radius 1 is 0.893 bits per heavy atom. The lowest BCUT2D eigenvalue weighted by Crippen LogP contribution is -2.12. The molecule has 0 saturated heterocycles. The van der Waals surface area contributed by atoms with Gasteiger partial charge in [-0.25, -0.2) is 9.97 Å². The number of hydrogen-bond acceptors (Lipinski definition) is 5. The third kappa shape index (κ3) is 3.57. The summed E-state index contributed by atoms with van der Waals surface area (Å²) < 4.78 is 5.72. The van der Waals surface area contributed by atoms with Crippen molar-refractivity contribution in [2.75, 3.05) is 10.6 Å². The monoisotopic (exact) mass is 372 g/mol. The van der Waals surface area contributed by atoms with Gasteiger partial charge in [0.1, 0.15) is 5.58 Å². The highest BCUT2D eigenvalue weighted by Gasteiger charge is 2.17. The van der Waals surface area contributed by atoms with Crippen molar-refractivity contribution in [1.82, 2.24) is 9.97 Å². The van der Waals surface area contributed by atoms with Gasteiger partial charge in [-0.05, 0) is 57.2 Å². The molecule has 0 aliphatic carbocycles. The molecule has 0 aliphatic rings. The quantitative estimate of drug-likeness (QED) is 0.518. The number of anilines is 3. The molecule has 4 rings (SSSR count). The zero-order valence-electron chi connectivity index (χ0n) is 15.9. The molecule has 0 bridgehead atoms. The van der Waals surface area contributed by atoms with Crippen LogP contribution >= 0.6 is 0 Å². The number of amides is 1. The predicted octanol–water partition coefficient (Wildman–Crippen LogP) is 5.14. The number of para-hydroxylation sites is 1. The maximum absolute atomic E-state index is 12.6. The third-order valence-electron chi connectivity index (χ3n) is 4.43. The number of aryl methyl sites for hydroxylation is 3. The zero-order valence-corrected chi connectivity index (χ0v) is 15.9. The van der Waals surface area contributed by atoms with Crippen molar-refractivity contribution in [2.24, 2.45) is 0 Å². The Morgan fingerprint density at radius 2 is 1.54 bits per heavy atom. The molecule has 0 spiro atoms. The minimum atomic E-state index is -0.271. The summed E-state index contributed by atoms with van der Waals surface area (Å²) in [4.78, 5) is 21.3. The molecule has 4 aromatic rings. The van der Waals surface area contributed by atoms with Gasteiger partial charge in [0, 0.05) is 33.7 Å². The summed E-state index contributed by atoms with van der Waals surface area (Å²) in [6.07, 6.45) is 0. The van der Waals surface area contributed by atoms with Crippen molar-refractivity contribution < 1.29 is 9.21 Å². The van der Waals surface area contributed by atoms with E-state index in [0.29, 0.717) is 23.0 Å². The van der Waals surface area contributed by atoms with Crippen LogP contribution in [0.3, 0.4) is 0 Å².